The molecule has 0 atom stereocenters. The van der Waals surface area contributed by atoms with Gasteiger partial charge < -0.3 is 19.9 Å². The van der Waals surface area contributed by atoms with Crippen LogP contribution >= 0.6 is 0 Å². The summed E-state index contributed by atoms with van der Waals surface area (Å²) in [6.45, 7) is 3.94. The molecule has 0 unspecified atom stereocenters. The summed E-state index contributed by atoms with van der Waals surface area (Å²) in [6, 6.07) is 6.02. The third-order valence-electron chi connectivity index (χ3n) is 3.20. The summed E-state index contributed by atoms with van der Waals surface area (Å²) in [6.07, 6.45) is 1.55. The first-order valence-electron chi connectivity index (χ1n) is 6.35. The van der Waals surface area contributed by atoms with Crippen LogP contribution in [0.5, 0.6) is 5.75 Å². The van der Waals surface area contributed by atoms with Crippen LogP contribution in [0.3, 0.4) is 0 Å². The third-order valence-corrected chi connectivity index (χ3v) is 3.20. The topological polar surface area (TPSA) is 53.7 Å². The zero-order chi connectivity index (χ0) is 13.0. The minimum atomic E-state index is -0.746. The lowest BCUT2D eigenvalue weighted by molar-refractivity contribution is -0.279. The molecule has 0 aromatic heterocycles. The maximum absolute atomic E-state index is 5.91. The van der Waals surface area contributed by atoms with Gasteiger partial charge in [-0.05, 0) is 32.0 Å². The van der Waals surface area contributed by atoms with Crippen molar-refractivity contribution in [1.82, 2.24) is 0 Å². The number of methoxy groups -OCH3 is 1. The molecule has 4 nitrogen and oxygen atoms in total. The van der Waals surface area contributed by atoms with Crippen LogP contribution in [0.2, 0.25) is 0 Å². The molecule has 1 heterocycles. The Morgan fingerprint density at radius 2 is 2.06 bits per heavy atom. The van der Waals surface area contributed by atoms with Crippen LogP contribution in [-0.4, -0.2) is 26.9 Å². The van der Waals surface area contributed by atoms with Gasteiger partial charge in [-0.25, -0.2) is 0 Å². The van der Waals surface area contributed by atoms with Crippen molar-refractivity contribution in [3.63, 3.8) is 0 Å². The highest BCUT2D eigenvalue weighted by molar-refractivity contribution is 5.40. The average molecular weight is 251 g/mol. The van der Waals surface area contributed by atoms with Crippen LogP contribution in [-0.2, 0) is 15.3 Å². The second-order valence-corrected chi connectivity index (χ2v) is 4.55. The van der Waals surface area contributed by atoms with E-state index in [1.807, 2.05) is 19.1 Å². The van der Waals surface area contributed by atoms with E-state index in [2.05, 4.69) is 6.07 Å². The highest BCUT2D eigenvalue weighted by Gasteiger charge is 2.38. The lowest BCUT2D eigenvalue weighted by atomic mass is 9.98. The Morgan fingerprint density at radius 3 is 2.67 bits per heavy atom. The van der Waals surface area contributed by atoms with Gasteiger partial charge in [-0.2, -0.15) is 0 Å². The molecular formula is C14H21NO3. The number of rotatable bonds is 4. The maximum atomic E-state index is 5.91. The number of aryl methyl sites for hydroxylation is 1. The van der Waals surface area contributed by atoms with Gasteiger partial charge in [0.1, 0.15) is 5.75 Å². The second kappa shape index (κ2) is 5.69. The van der Waals surface area contributed by atoms with Crippen LogP contribution < -0.4 is 10.5 Å². The van der Waals surface area contributed by atoms with Crippen molar-refractivity contribution < 1.29 is 14.2 Å². The van der Waals surface area contributed by atoms with Gasteiger partial charge in [-0.1, -0.05) is 11.6 Å². The summed E-state index contributed by atoms with van der Waals surface area (Å²) in [5.41, 5.74) is 7.80. The molecule has 1 saturated heterocycles. The molecule has 2 N–H and O–H groups in total. The van der Waals surface area contributed by atoms with Gasteiger partial charge in [-0.15, -0.1) is 0 Å². The van der Waals surface area contributed by atoms with E-state index in [4.69, 9.17) is 19.9 Å². The van der Waals surface area contributed by atoms with Crippen LogP contribution in [0.1, 0.15) is 24.0 Å². The number of benzene rings is 1. The Bertz CT molecular complexity index is 395. The Labute approximate surface area is 108 Å². The fourth-order valence-electron chi connectivity index (χ4n) is 2.32. The van der Waals surface area contributed by atoms with Crippen molar-refractivity contribution in [2.45, 2.75) is 25.6 Å². The Hall–Kier alpha value is -1.10. The van der Waals surface area contributed by atoms with Gasteiger partial charge in [-0.3, -0.25) is 0 Å². The number of ether oxygens (including phenoxy) is 3. The van der Waals surface area contributed by atoms with Gasteiger partial charge >= 0.3 is 0 Å². The fourth-order valence-corrected chi connectivity index (χ4v) is 2.32. The molecule has 100 valence electrons. The zero-order valence-electron chi connectivity index (χ0n) is 11.1. The largest absolute Gasteiger partial charge is 0.496 e. The highest BCUT2D eigenvalue weighted by Crippen LogP contribution is 2.39. The van der Waals surface area contributed by atoms with Gasteiger partial charge in [0.2, 0.25) is 0 Å². The molecule has 1 fully saturated rings. The summed E-state index contributed by atoms with van der Waals surface area (Å²) < 4.78 is 17.2. The molecule has 0 bridgehead atoms. The summed E-state index contributed by atoms with van der Waals surface area (Å²) in [7, 11) is 1.66. The molecule has 4 heteroatoms. The van der Waals surface area contributed by atoms with Crippen molar-refractivity contribution in [2.75, 3.05) is 26.9 Å². The van der Waals surface area contributed by atoms with E-state index in [0.29, 0.717) is 26.2 Å². The van der Waals surface area contributed by atoms with Crippen molar-refractivity contribution in [3.05, 3.63) is 29.3 Å². The molecule has 1 aliphatic heterocycles. The molecular weight excluding hydrogens is 230 g/mol. The van der Waals surface area contributed by atoms with Crippen LogP contribution in [0.25, 0.3) is 0 Å². The van der Waals surface area contributed by atoms with E-state index in [0.717, 1.165) is 23.3 Å². The summed E-state index contributed by atoms with van der Waals surface area (Å²) >= 11 is 0. The average Bonchev–Trinajstić information content (AvgIpc) is 2.40. The molecule has 0 radical (unpaired) electrons. The number of hydrogen-bond donors (Lipinski definition) is 1. The van der Waals surface area contributed by atoms with Crippen molar-refractivity contribution in [3.8, 4) is 5.75 Å². The van der Waals surface area contributed by atoms with E-state index in [9.17, 15) is 0 Å². The maximum Gasteiger partial charge on any atom is 0.199 e. The molecule has 0 spiro atoms. The van der Waals surface area contributed by atoms with E-state index in [-0.39, 0.29) is 0 Å². The van der Waals surface area contributed by atoms with Crippen LogP contribution in [0.15, 0.2) is 18.2 Å². The molecule has 1 aromatic rings. The smallest absolute Gasteiger partial charge is 0.199 e. The fraction of sp³-hybridized carbons (Fsp3) is 0.571. The van der Waals surface area contributed by atoms with Crippen molar-refractivity contribution in [1.29, 1.82) is 0 Å². The Balaban J connectivity index is 2.43. The normalized spacial score (nSPS) is 18.6. The first kappa shape index (κ1) is 13.3. The van der Waals surface area contributed by atoms with Crippen molar-refractivity contribution in [2.24, 2.45) is 5.73 Å². The van der Waals surface area contributed by atoms with Gasteiger partial charge in [0, 0.05) is 6.42 Å². The first-order chi connectivity index (χ1) is 8.72. The van der Waals surface area contributed by atoms with E-state index in [1.165, 1.54) is 0 Å². The molecule has 2 rings (SSSR count). The molecule has 0 saturated carbocycles. The van der Waals surface area contributed by atoms with Crippen LogP contribution in [0.4, 0.5) is 0 Å². The minimum Gasteiger partial charge on any atom is -0.496 e. The highest BCUT2D eigenvalue weighted by atomic mass is 16.7. The summed E-state index contributed by atoms with van der Waals surface area (Å²) in [4.78, 5) is 0. The lowest BCUT2D eigenvalue weighted by Crippen LogP contribution is -2.40. The Morgan fingerprint density at radius 1 is 1.33 bits per heavy atom. The molecule has 1 aliphatic rings. The molecule has 18 heavy (non-hydrogen) atoms. The lowest BCUT2D eigenvalue weighted by Gasteiger charge is -2.38. The first-order valence-corrected chi connectivity index (χ1v) is 6.35. The quantitative estimate of drug-likeness (QED) is 0.888. The van der Waals surface area contributed by atoms with Gasteiger partial charge in [0.05, 0.1) is 25.9 Å². The van der Waals surface area contributed by atoms with Gasteiger partial charge in [0.25, 0.3) is 0 Å². The van der Waals surface area contributed by atoms with E-state index >= 15 is 0 Å². The van der Waals surface area contributed by atoms with Crippen LogP contribution in [0, 0.1) is 6.92 Å². The monoisotopic (exact) mass is 251 g/mol. The number of nitrogens with two attached hydrogens (primary N) is 1. The summed E-state index contributed by atoms with van der Waals surface area (Å²) in [5, 5.41) is 0. The van der Waals surface area contributed by atoms with Gasteiger partial charge in [0.15, 0.2) is 5.79 Å². The third kappa shape index (κ3) is 2.51. The predicted octanol–water partition coefficient (Wildman–Crippen LogP) is 1.94. The summed E-state index contributed by atoms with van der Waals surface area (Å²) in [5.74, 6) is 0.0422. The predicted molar refractivity (Wildman–Crippen MR) is 69.6 cm³/mol. The van der Waals surface area contributed by atoms with Crippen molar-refractivity contribution >= 4 is 0 Å². The molecule has 0 aliphatic carbocycles. The second-order valence-electron chi connectivity index (χ2n) is 4.55. The standard InChI is InChI=1S/C14H21NO3/c1-11-4-5-13(16-2)12(10-11)14(6-7-15)17-8-3-9-18-14/h4-5,10H,3,6-9,15H2,1-2H3. The zero-order valence-corrected chi connectivity index (χ0v) is 11.1. The molecule has 0 amide bonds. The number of hydrogen-bond acceptors (Lipinski definition) is 4. The SMILES string of the molecule is COc1ccc(C)cc1C1(CCN)OCCCO1. The molecule has 1 aromatic carbocycles. The van der Waals surface area contributed by atoms with E-state index in [1.54, 1.807) is 7.11 Å². The van der Waals surface area contributed by atoms with E-state index < -0.39 is 5.79 Å². The Kier molecular flexibility index (Phi) is 4.22. The minimum absolute atomic E-state index is 0.511.